The summed E-state index contributed by atoms with van der Waals surface area (Å²) in [4.78, 5) is 32.5. The summed E-state index contributed by atoms with van der Waals surface area (Å²) in [6, 6.07) is 6.28. The first-order valence-electron chi connectivity index (χ1n) is 6.79. The van der Waals surface area contributed by atoms with Crippen molar-refractivity contribution in [1.29, 1.82) is 0 Å². The predicted octanol–water partition coefficient (Wildman–Crippen LogP) is 2.18. The predicted molar refractivity (Wildman–Crippen MR) is 79.1 cm³/mol. The molecule has 1 amide bonds. The second kappa shape index (κ2) is 6.74. The van der Waals surface area contributed by atoms with E-state index in [9.17, 15) is 9.59 Å². The van der Waals surface area contributed by atoms with Crippen LogP contribution in [0, 0.1) is 6.92 Å². The zero-order valence-electron chi connectivity index (χ0n) is 12.0. The van der Waals surface area contributed by atoms with Gasteiger partial charge in [-0.25, -0.2) is 0 Å². The van der Waals surface area contributed by atoms with Gasteiger partial charge in [0.15, 0.2) is 5.78 Å². The number of aromatic nitrogens is 2. The number of carbonyl (C=O) groups excluding carboxylic acids is 2. The molecule has 0 aliphatic rings. The molecule has 21 heavy (non-hydrogen) atoms. The van der Waals surface area contributed by atoms with E-state index in [-0.39, 0.29) is 11.7 Å². The van der Waals surface area contributed by atoms with E-state index in [1.807, 2.05) is 13.8 Å². The summed E-state index contributed by atoms with van der Waals surface area (Å²) in [5.74, 6) is -0.439. The summed E-state index contributed by atoms with van der Waals surface area (Å²) < 4.78 is 0. The second-order valence-corrected chi connectivity index (χ2v) is 4.73. The Hall–Kier alpha value is -2.56. The lowest BCUT2D eigenvalue weighted by Gasteiger charge is -2.15. The SMILES string of the molecule is CCC(NC(=O)c1ccc(C)nc1)C(=O)c1cccnc1. The fourth-order valence-corrected chi connectivity index (χ4v) is 1.91. The van der Waals surface area contributed by atoms with Gasteiger partial charge in [0.2, 0.25) is 0 Å². The molecule has 0 radical (unpaired) electrons. The van der Waals surface area contributed by atoms with E-state index in [4.69, 9.17) is 0 Å². The first-order chi connectivity index (χ1) is 10.1. The van der Waals surface area contributed by atoms with E-state index in [0.29, 0.717) is 17.5 Å². The number of carbonyl (C=O) groups is 2. The van der Waals surface area contributed by atoms with Crippen LogP contribution in [0.25, 0.3) is 0 Å². The molecule has 1 N–H and O–H groups in total. The topological polar surface area (TPSA) is 72.0 Å². The van der Waals surface area contributed by atoms with E-state index >= 15 is 0 Å². The Morgan fingerprint density at radius 1 is 1.19 bits per heavy atom. The van der Waals surface area contributed by atoms with Gasteiger partial charge in [-0.2, -0.15) is 0 Å². The van der Waals surface area contributed by atoms with Crippen molar-refractivity contribution in [2.75, 3.05) is 0 Å². The summed E-state index contributed by atoms with van der Waals surface area (Å²) in [5.41, 5.74) is 1.77. The van der Waals surface area contributed by atoms with Gasteiger partial charge in [0.1, 0.15) is 0 Å². The Morgan fingerprint density at radius 2 is 2.00 bits per heavy atom. The van der Waals surface area contributed by atoms with Gasteiger partial charge in [-0.05, 0) is 37.6 Å². The maximum atomic E-state index is 12.3. The van der Waals surface area contributed by atoms with Crippen LogP contribution in [0.15, 0.2) is 42.9 Å². The quantitative estimate of drug-likeness (QED) is 0.854. The van der Waals surface area contributed by atoms with E-state index in [2.05, 4.69) is 15.3 Å². The molecule has 0 spiro atoms. The molecule has 108 valence electrons. The van der Waals surface area contributed by atoms with E-state index < -0.39 is 6.04 Å². The lowest BCUT2D eigenvalue weighted by molar-refractivity contribution is 0.0854. The first kappa shape index (κ1) is 14.8. The number of rotatable bonds is 5. The molecule has 0 saturated heterocycles. The van der Waals surface area contributed by atoms with Crippen LogP contribution in [0.1, 0.15) is 39.8 Å². The average Bonchev–Trinajstić information content (AvgIpc) is 2.53. The van der Waals surface area contributed by atoms with Gasteiger partial charge in [-0.1, -0.05) is 6.92 Å². The number of amides is 1. The third kappa shape index (κ3) is 3.72. The third-order valence-electron chi connectivity index (χ3n) is 3.15. The van der Waals surface area contributed by atoms with Crippen LogP contribution in [0.4, 0.5) is 0 Å². The van der Waals surface area contributed by atoms with Crippen LogP contribution in [-0.4, -0.2) is 27.7 Å². The van der Waals surface area contributed by atoms with Crippen molar-refractivity contribution >= 4 is 11.7 Å². The number of nitrogens with zero attached hydrogens (tertiary/aromatic N) is 2. The van der Waals surface area contributed by atoms with Crippen LogP contribution in [-0.2, 0) is 0 Å². The standard InChI is InChI=1S/C16H17N3O2/c1-3-14(15(20)12-5-4-8-17-9-12)19-16(21)13-7-6-11(2)18-10-13/h4-10,14H,3H2,1-2H3,(H,19,21). The number of Topliss-reactive ketones (excluding diaryl/α,β-unsaturated/α-hetero) is 1. The molecule has 0 aromatic carbocycles. The van der Waals surface area contributed by atoms with E-state index in [1.165, 1.54) is 12.4 Å². The molecule has 0 bridgehead atoms. The molecule has 1 atom stereocenters. The van der Waals surface area contributed by atoms with E-state index in [1.54, 1.807) is 30.5 Å². The normalized spacial score (nSPS) is 11.7. The number of hydrogen-bond donors (Lipinski definition) is 1. The average molecular weight is 283 g/mol. The molecule has 2 heterocycles. The fraction of sp³-hybridized carbons (Fsp3) is 0.250. The van der Waals surface area contributed by atoms with Crippen LogP contribution in [0.3, 0.4) is 0 Å². The van der Waals surface area contributed by atoms with Crippen LogP contribution >= 0.6 is 0 Å². The lowest BCUT2D eigenvalue weighted by Crippen LogP contribution is -2.40. The van der Waals surface area contributed by atoms with Crippen molar-refractivity contribution in [1.82, 2.24) is 15.3 Å². The van der Waals surface area contributed by atoms with Crippen LogP contribution < -0.4 is 5.32 Å². The van der Waals surface area contributed by atoms with E-state index in [0.717, 1.165) is 5.69 Å². The third-order valence-corrected chi connectivity index (χ3v) is 3.15. The maximum absolute atomic E-state index is 12.3. The Balaban J connectivity index is 2.10. The number of pyridine rings is 2. The van der Waals surface area contributed by atoms with Crippen LogP contribution in [0.5, 0.6) is 0 Å². The minimum Gasteiger partial charge on any atom is -0.342 e. The summed E-state index contributed by atoms with van der Waals surface area (Å²) >= 11 is 0. The zero-order valence-corrected chi connectivity index (χ0v) is 12.0. The Kier molecular flexibility index (Phi) is 4.77. The minimum absolute atomic E-state index is 0.140. The molecular weight excluding hydrogens is 266 g/mol. The highest BCUT2D eigenvalue weighted by Crippen LogP contribution is 2.07. The molecule has 2 rings (SSSR count). The lowest BCUT2D eigenvalue weighted by atomic mass is 10.0. The van der Waals surface area contributed by atoms with Gasteiger partial charge >= 0.3 is 0 Å². The Morgan fingerprint density at radius 3 is 2.57 bits per heavy atom. The highest BCUT2D eigenvalue weighted by molar-refractivity contribution is 6.04. The molecule has 0 aliphatic carbocycles. The number of hydrogen-bond acceptors (Lipinski definition) is 4. The molecular formula is C16H17N3O2. The maximum Gasteiger partial charge on any atom is 0.253 e. The van der Waals surface area contributed by atoms with Crippen molar-refractivity contribution in [3.63, 3.8) is 0 Å². The Labute approximate surface area is 123 Å². The van der Waals surface area contributed by atoms with Gasteiger partial charge in [0, 0.05) is 29.8 Å². The van der Waals surface area contributed by atoms with Gasteiger partial charge in [-0.3, -0.25) is 19.6 Å². The molecule has 2 aromatic rings. The van der Waals surface area contributed by atoms with Crippen molar-refractivity contribution in [2.45, 2.75) is 26.3 Å². The molecule has 5 nitrogen and oxygen atoms in total. The smallest absolute Gasteiger partial charge is 0.253 e. The Bertz CT molecular complexity index is 624. The van der Waals surface area contributed by atoms with Crippen molar-refractivity contribution in [3.8, 4) is 0 Å². The summed E-state index contributed by atoms with van der Waals surface area (Å²) in [6.45, 7) is 3.70. The summed E-state index contributed by atoms with van der Waals surface area (Å²) in [6.07, 6.45) is 5.13. The molecule has 1 unspecified atom stereocenters. The van der Waals surface area contributed by atoms with Crippen molar-refractivity contribution in [2.24, 2.45) is 0 Å². The molecule has 0 fully saturated rings. The highest BCUT2D eigenvalue weighted by atomic mass is 16.2. The van der Waals surface area contributed by atoms with Crippen LogP contribution in [0.2, 0.25) is 0 Å². The largest absolute Gasteiger partial charge is 0.342 e. The summed E-state index contributed by atoms with van der Waals surface area (Å²) in [5, 5.41) is 2.74. The number of aryl methyl sites for hydroxylation is 1. The number of ketones is 1. The minimum atomic E-state index is -0.567. The molecule has 0 aliphatic heterocycles. The van der Waals surface area contributed by atoms with Gasteiger partial charge < -0.3 is 5.32 Å². The van der Waals surface area contributed by atoms with Crippen molar-refractivity contribution < 1.29 is 9.59 Å². The van der Waals surface area contributed by atoms with Crippen molar-refractivity contribution in [3.05, 3.63) is 59.7 Å². The molecule has 5 heteroatoms. The van der Waals surface area contributed by atoms with Gasteiger partial charge in [0.05, 0.1) is 11.6 Å². The van der Waals surface area contributed by atoms with Gasteiger partial charge in [-0.15, -0.1) is 0 Å². The first-order valence-corrected chi connectivity index (χ1v) is 6.79. The second-order valence-electron chi connectivity index (χ2n) is 4.73. The number of nitrogens with one attached hydrogen (secondary N) is 1. The molecule has 2 aromatic heterocycles. The van der Waals surface area contributed by atoms with Gasteiger partial charge in [0.25, 0.3) is 5.91 Å². The summed E-state index contributed by atoms with van der Waals surface area (Å²) in [7, 11) is 0. The fourth-order valence-electron chi connectivity index (χ4n) is 1.91. The zero-order chi connectivity index (χ0) is 15.2. The highest BCUT2D eigenvalue weighted by Gasteiger charge is 2.21. The monoisotopic (exact) mass is 283 g/mol. The molecule has 0 saturated carbocycles.